The van der Waals surface area contributed by atoms with E-state index in [1.54, 1.807) is 4.90 Å². The van der Waals surface area contributed by atoms with Crippen LogP contribution in [-0.2, 0) is 9.53 Å². The summed E-state index contributed by atoms with van der Waals surface area (Å²) in [6, 6.07) is 1.43. The average Bonchev–Trinajstić information content (AvgIpc) is 3.03. The van der Waals surface area contributed by atoms with Gasteiger partial charge in [0.25, 0.3) is 5.91 Å². The Balaban J connectivity index is 2.24. The van der Waals surface area contributed by atoms with E-state index >= 15 is 0 Å². The van der Waals surface area contributed by atoms with Crippen molar-refractivity contribution in [2.75, 3.05) is 19.8 Å². The van der Waals surface area contributed by atoms with Crippen molar-refractivity contribution in [1.82, 2.24) is 4.90 Å². The minimum atomic E-state index is -0.911. The number of hydrogen-bond donors (Lipinski definition) is 1. The highest BCUT2D eigenvalue weighted by atomic mass is 79.9. The first kappa shape index (κ1) is 15.5. The third-order valence-electron chi connectivity index (χ3n) is 3.30. The molecule has 0 aliphatic carbocycles. The minimum absolute atomic E-state index is 0.129. The fraction of sp³-hybridized carbons (Fsp3) is 0.538. The molecular weight excluding hydrogens is 346 g/mol. The molecule has 1 fully saturated rings. The number of rotatable bonds is 5. The zero-order valence-corrected chi connectivity index (χ0v) is 13.4. The molecule has 1 aromatic heterocycles. The predicted octanol–water partition coefficient (Wildman–Crippen LogP) is 2.46. The summed E-state index contributed by atoms with van der Waals surface area (Å²) < 4.78 is 6.02. The molecule has 0 saturated carbocycles. The second-order valence-electron chi connectivity index (χ2n) is 4.65. The van der Waals surface area contributed by atoms with Gasteiger partial charge in [0.05, 0.1) is 19.3 Å². The number of nitrogens with zero attached hydrogens (tertiary/aromatic N) is 1. The number of halogens is 1. The molecule has 2 atom stereocenters. The van der Waals surface area contributed by atoms with Crippen LogP contribution in [-0.4, -0.2) is 47.7 Å². The van der Waals surface area contributed by atoms with Crippen molar-refractivity contribution in [3.05, 3.63) is 20.8 Å². The van der Waals surface area contributed by atoms with Gasteiger partial charge in [0.2, 0.25) is 0 Å². The summed E-state index contributed by atoms with van der Waals surface area (Å²) in [6.45, 7) is 2.95. The summed E-state index contributed by atoms with van der Waals surface area (Å²) in [5.41, 5.74) is 0. The lowest BCUT2D eigenvalue weighted by Gasteiger charge is -2.30. The lowest BCUT2D eigenvalue weighted by atomic mass is 10.0. The van der Waals surface area contributed by atoms with Crippen LogP contribution in [0.4, 0.5) is 0 Å². The van der Waals surface area contributed by atoms with Crippen molar-refractivity contribution < 1.29 is 19.4 Å². The molecule has 1 aromatic rings. The van der Waals surface area contributed by atoms with Gasteiger partial charge < -0.3 is 14.7 Å². The van der Waals surface area contributed by atoms with Gasteiger partial charge in [-0.15, -0.1) is 11.3 Å². The van der Waals surface area contributed by atoms with Crippen molar-refractivity contribution in [2.24, 2.45) is 5.92 Å². The smallest absolute Gasteiger partial charge is 0.311 e. The van der Waals surface area contributed by atoms with Crippen LogP contribution in [0.2, 0.25) is 0 Å². The van der Waals surface area contributed by atoms with Crippen molar-refractivity contribution in [3.63, 3.8) is 0 Å². The molecule has 2 heterocycles. The average molecular weight is 362 g/mol. The van der Waals surface area contributed by atoms with E-state index in [2.05, 4.69) is 15.9 Å². The highest BCUT2D eigenvalue weighted by molar-refractivity contribution is 9.10. The van der Waals surface area contributed by atoms with E-state index < -0.39 is 17.9 Å². The van der Waals surface area contributed by atoms with Crippen LogP contribution in [0.15, 0.2) is 15.9 Å². The molecule has 20 heavy (non-hydrogen) atoms. The SMILES string of the molecule is CCCN(C(=O)c1sccc1Br)C1COCC1C(=O)O. The molecule has 2 unspecified atom stereocenters. The van der Waals surface area contributed by atoms with Gasteiger partial charge >= 0.3 is 5.97 Å². The van der Waals surface area contributed by atoms with Gasteiger partial charge in [-0.05, 0) is 33.8 Å². The second kappa shape index (κ2) is 6.69. The summed E-state index contributed by atoms with van der Waals surface area (Å²) in [5, 5.41) is 11.1. The number of hydrogen-bond acceptors (Lipinski definition) is 4. The maximum Gasteiger partial charge on any atom is 0.311 e. The van der Waals surface area contributed by atoms with E-state index in [1.165, 1.54) is 11.3 Å². The third kappa shape index (κ3) is 3.05. The summed E-state index contributed by atoms with van der Waals surface area (Å²) in [5.74, 6) is -1.69. The number of ether oxygens (including phenoxy) is 1. The first-order chi connectivity index (χ1) is 9.56. The van der Waals surface area contributed by atoms with Crippen molar-refractivity contribution >= 4 is 39.1 Å². The van der Waals surface area contributed by atoms with E-state index in [4.69, 9.17) is 4.74 Å². The van der Waals surface area contributed by atoms with Gasteiger partial charge in [0.1, 0.15) is 10.8 Å². The first-order valence-electron chi connectivity index (χ1n) is 6.40. The molecule has 1 aliphatic rings. The van der Waals surface area contributed by atoms with Gasteiger partial charge in [-0.1, -0.05) is 6.92 Å². The van der Waals surface area contributed by atoms with E-state index in [-0.39, 0.29) is 19.1 Å². The van der Waals surface area contributed by atoms with Crippen molar-refractivity contribution in [2.45, 2.75) is 19.4 Å². The van der Waals surface area contributed by atoms with Gasteiger partial charge in [-0.25, -0.2) is 0 Å². The third-order valence-corrected chi connectivity index (χ3v) is 5.13. The highest BCUT2D eigenvalue weighted by Crippen LogP contribution is 2.28. The first-order valence-corrected chi connectivity index (χ1v) is 8.08. The molecule has 110 valence electrons. The van der Waals surface area contributed by atoms with Crippen molar-refractivity contribution in [3.8, 4) is 0 Å². The van der Waals surface area contributed by atoms with Gasteiger partial charge in [-0.2, -0.15) is 0 Å². The summed E-state index contributed by atoms with van der Waals surface area (Å²) in [7, 11) is 0. The number of thiophene rings is 1. The molecule has 2 rings (SSSR count). The number of carbonyl (C=O) groups is 2. The van der Waals surface area contributed by atoms with Crippen LogP contribution in [0, 0.1) is 5.92 Å². The molecule has 0 aromatic carbocycles. The number of carboxylic acids is 1. The Labute approximate surface area is 129 Å². The Bertz CT molecular complexity index is 504. The van der Waals surface area contributed by atoms with E-state index in [9.17, 15) is 14.7 Å². The summed E-state index contributed by atoms with van der Waals surface area (Å²) in [6.07, 6.45) is 0.775. The molecule has 0 spiro atoms. The molecule has 0 bridgehead atoms. The Morgan fingerprint density at radius 2 is 2.30 bits per heavy atom. The van der Waals surface area contributed by atoms with Crippen LogP contribution in [0.3, 0.4) is 0 Å². The minimum Gasteiger partial charge on any atom is -0.481 e. The molecule has 1 aliphatic heterocycles. The fourth-order valence-corrected chi connectivity index (χ4v) is 3.82. The van der Waals surface area contributed by atoms with Crippen LogP contribution in [0.5, 0.6) is 0 Å². The molecule has 7 heteroatoms. The Morgan fingerprint density at radius 3 is 2.85 bits per heavy atom. The van der Waals surface area contributed by atoms with E-state index in [0.29, 0.717) is 11.4 Å². The number of amides is 1. The Kier molecular flexibility index (Phi) is 5.17. The maximum absolute atomic E-state index is 12.6. The van der Waals surface area contributed by atoms with Crippen LogP contribution in [0.25, 0.3) is 0 Å². The highest BCUT2D eigenvalue weighted by Gasteiger charge is 2.40. The number of carbonyl (C=O) groups excluding carboxylic acids is 1. The standard InChI is InChI=1S/C13H16BrNO4S/c1-2-4-15(10-7-19-6-8(10)13(17)18)12(16)11-9(14)3-5-20-11/h3,5,8,10H,2,4,6-7H2,1H3,(H,17,18). The van der Waals surface area contributed by atoms with Gasteiger partial charge in [-0.3, -0.25) is 9.59 Å². The van der Waals surface area contributed by atoms with Gasteiger partial charge in [0.15, 0.2) is 0 Å². The molecule has 1 N–H and O–H groups in total. The summed E-state index contributed by atoms with van der Waals surface area (Å²) in [4.78, 5) is 26.1. The summed E-state index contributed by atoms with van der Waals surface area (Å²) >= 11 is 4.71. The van der Waals surface area contributed by atoms with E-state index in [0.717, 1.165) is 10.9 Å². The Morgan fingerprint density at radius 1 is 1.55 bits per heavy atom. The fourth-order valence-electron chi connectivity index (χ4n) is 2.32. The van der Waals surface area contributed by atoms with E-state index in [1.807, 2.05) is 18.4 Å². The van der Waals surface area contributed by atoms with Crippen molar-refractivity contribution in [1.29, 1.82) is 0 Å². The zero-order valence-electron chi connectivity index (χ0n) is 11.0. The molecule has 0 radical (unpaired) electrons. The normalized spacial score (nSPS) is 21.9. The maximum atomic E-state index is 12.6. The molecule has 1 amide bonds. The number of aliphatic carboxylic acids is 1. The lowest BCUT2D eigenvalue weighted by Crippen LogP contribution is -2.46. The molecular formula is C13H16BrNO4S. The van der Waals surface area contributed by atoms with Crippen LogP contribution >= 0.6 is 27.3 Å². The molecule has 1 saturated heterocycles. The predicted molar refractivity (Wildman–Crippen MR) is 79.1 cm³/mol. The van der Waals surface area contributed by atoms with Crippen LogP contribution in [0.1, 0.15) is 23.0 Å². The quantitative estimate of drug-likeness (QED) is 0.874. The topological polar surface area (TPSA) is 66.8 Å². The number of carboxylic acid groups (broad SMARTS) is 1. The lowest BCUT2D eigenvalue weighted by molar-refractivity contribution is -0.142. The monoisotopic (exact) mass is 361 g/mol. The zero-order chi connectivity index (χ0) is 14.7. The molecule has 5 nitrogen and oxygen atoms in total. The second-order valence-corrected chi connectivity index (χ2v) is 6.42. The Hall–Kier alpha value is -0.920. The largest absolute Gasteiger partial charge is 0.481 e. The van der Waals surface area contributed by atoms with Gasteiger partial charge in [0, 0.05) is 11.0 Å². The van der Waals surface area contributed by atoms with Crippen LogP contribution < -0.4 is 0 Å².